The van der Waals surface area contributed by atoms with Crippen molar-refractivity contribution in [1.82, 2.24) is 4.98 Å². The zero-order valence-electron chi connectivity index (χ0n) is 6.89. The van der Waals surface area contributed by atoms with Gasteiger partial charge in [-0.1, -0.05) is 15.9 Å². The molecule has 0 N–H and O–H groups in total. The lowest BCUT2D eigenvalue weighted by atomic mass is 10.2. The molecule has 0 aliphatic rings. The van der Waals surface area contributed by atoms with Crippen LogP contribution in [0, 0.1) is 13.8 Å². The molecular weight excluding hydrogens is 234 g/mol. The third-order valence-corrected chi connectivity index (χ3v) is 3.81. The number of hydrogen-bond donors (Lipinski definition) is 0. The quantitative estimate of drug-likeness (QED) is 0.686. The van der Waals surface area contributed by atoms with Crippen LogP contribution in [0.1, 0.15) is 10.6 Å². The Morgan fingerprint density at radius 2 is 2.08 bits per heavy atom. The molecule has 0 atom stereocenters. The van der Waals surface area contributed by atoms with Gasteiger partial charge in [0.1, 0.15) is 0 Å². The van der Waals surface area contributed by atoms with E-state index in [9.17, 15) is 0 Å². The molecule has 0 aliphatic carbocycles. The maximum Gasteiger partial charge on any atom is 0.0907 e. The van der Waals surface area contributed by atoms with Gasteiger partial charge in [-0.15, -0.1) is 11.3 Å². The summed E-state index contributed by atoms with van der Waals surface area (Å²) in [5.41, 5.74) is 2.40. The summed E-state index contributed by atoms with van der Waals surface area (Å²) >= 11 is 5.26. The van der Waals surface area contributed by atoms with Crippen molar-refractivity contribution >= 4 is 37.5 Å². The molecule has 0 bridgehead atoms. The van der Waals surface area contributed by atoms with Gasteiger partial charge in [0.2, 0.25) is 0 Å². The molecule has 2 aromatic rings. The normalized spacial score (nSPS) is 10.9. The molecule has 0 aliphatic heterocycles. The topological polar surface area (TPSA) is 12.9 Å². The number of aromatic nitrogens is 1. The average molecular weight is 242 g/mol. The fourth-order valence-corrected chi connectivity index (χ4v) is 2.59. The van der Waals surface area contributed by atoms with Gasteiger partial charge >= 0.3 is 0 Å². The van der Waals surface area contributed by atoms with Crippen molar-refractivity contribution in [2.24, 2.45) is 0 Å². The zero-order valence-corrected chi connectivity index (χ0v) is 9.29. The average Bonchev–Trinajstić information content (AvgIpc) is 2.39. The van der Waals surface area contributed by atoms with Gasteiger partial charge in [0.15, 0.2) is 0 Å². The van der Waals surface area contributed by atoms with E-state index < -0.39 is 0 Å². The molecule has 0 amide bonds. The number of halogens is 1. The lowest BCUT2D eigenvalue weighted by Crippen LogP contribution is -1.75. The van der Waals surface area contributed by atoms with Crippen LogP contribution in [-0.4, -0.2) is 4.98 Å². The van der Waals surface area contributed by atoms with Crippen molar-refractivity contribution in [3.8, 4) is 0 Å². The second kappa shape index (κ2) is 2.82. The second-order valence-electron chi connectivity index (χ2n) is 2.75. The number of rotatable bonds is 0. The molecule has 3 heteroatoms. The van der Waals surface area contributed by atoms with E-state index in [-0.39, 0.29) is 0 Å². The minimum atomic E-state index is 1.11. The summed E-state index contributed by atoms with van der Waals surface area (Å²) in [6.45, 7) is 4.15. The molecule has 0 fully saturated rings. The van der Waals surface area contributed by atoms with Crippen LogP contribution in [0.5, 0.6) is 0 Å². The predicted octanol–water partition coefficient (Wildman–Crippen LogP) is 3.68. The molecule has 1 heterocycles. The fraction of sp³-hybridized carbons (Fsp3) is 0.222. The van der Waals surface area contributed by atoms with E-state index in [2.05, 4.69) is 40.0 Å². The zero-order chi connectivity index (χ0) is 8.72. The summed E-state index contributed by atoms with van der Waals surface area (Å²) < 4.78 is 2.46. The molecule has 2 rings (SSSR count). The van der Waals surface area contributed by atoms with Gasteiger partial charge in [0.25, 0.3) is 0 Å². The van der Waals surface area contributed by atoms with Gasteiger partial charge < -0.3 is 0 Å². The monoisotopic (exact) mass is 241 g/mol. The van der Waals surface area contributed by atoms with Gasteiger partial charge in [-0.3, -0.25) is 0 Å². The highest BCUT2D eigenvalue weighted by molar-refractivity contribution is 9.10. The van der Waals surface area contributed by atoms with Crippen LogP contribution in [0.4, 0.5) is 0 Å². The summed E-state index contributed by atoms with van der Waals surface area (Å²) in [4.78, 5) is 4.41. The van der Waals surface area contributed by atoms with Crippen LogP contribution in [-0.2, 0) is 0 Å². The molecule has 1 nitrogen and oxygen atoms in total. The summed E-state index contributed by atoms with van der Waals surface area (Å²) in [6.07, 6.45) is 0. The largest absolute Gasteiger partial charge is 0.242 e. The number of thiazole rings is 1. The van der Waals surface area contributed by atoms with Crippen molar-refractivity contribution in [3.63, 3.8) is 0 Å². The Balaban J connectivity index is 2.89. The third-order valence-electron chi connectivity index (χ3n) is 1.85. The van der Waals surface area contributed by atoms with Gasteiger partial charge in [0.05, 0.1) is 15.2 Å². The highest BCUT2D eigenvalue weighted by atomic mass is 79.9. The maximum absolute atomic E-state index is 4.41. The SMILES string of the molecule is Cc1nc2ccc(Br)c(C)c2s1. The first-order chi connectivity index (χ1) is 5.68. The van der Waals surface area contributed by atoms with E-state index in [1.165, 1.54) is 14.7 Å². The standard InChI is InChI=1S/C9H8BrNS/c1-5-7(10)3-4-8-9(5)12-6(2)11-8/h3-4H,1-2H3. The minimum Gasteiger partial charge on any atom is -0.242 e. The molecule has 0 spiro atoms. The number of fused-ring (bicyclic) bond motifs is 1. The first kappa shape index (κ1) is 8.20. The van der Waals surface area contributed by atoms with Crippen LogP contribution in [0.15, 0.2) is 16.6 Å². The summed E-state index contributed by atoms with van der Waals surface area (Å²) in [5, 5.41) is 1.13. The first-order valence-electron chi connectivity index (χ1n) is 3.71. The summed E-state index contributed by atoms with van der Waals surface area (Å²) in [6, 6.07) is 4.10. The van der Waals surface area contributed by atoms with Crippen LogP contribution in [0.2, 0.25) is 0 Å². The van der Waals surface area contributed by atoms with E-state index in [1.807, 2.05) is 6.92 Å². The minimum absolute atomic E-state index is 1.11. The van der Waals surface area contributed by atoms with E-state index in [1.54, 1.807) is 11.3 Å². The number of benzene rings is 1. The van der Waals surface area contributed by atoms with Crippen molar-refractivity contribution in [1.29, 1.82) is 0 Å². The molecule has 62 valence electrons. The van der Waals surface area contributed by atoms with Gasteiger partial charge in [0, 0.05) is 4.47 Å². The molecule has 0 saturated carbocycles. The Kier molecular flexibility index (Phi) is 1.93. The van der Waals surface area contributed by atoms with E-state index in [0.29, 0.717) is 0 Å². The van der Waals surface area contributed by atoms with Crippen LogP contribution in [0.25, 0.3) is 10.2 Å². The Labute approximate surface area is 83.6 Å². The summed E-state index contributed by atoms with van der Waals surface area (Å²) in [5.74, 6) is 0. The highest BCUT2D eigenvalue weighted by Gasteiger charge is 2.04. The molecule has 0 radical (unpaired) electrons. The number of aryl methyl sites for hydroxylation is 2. The molecular formula is C9H8BrNS. The van der Waals surface area contributed by atoms with Crippen LogP contribution < -0.4 is 0 Å². The Morgan fingerprint density at radius 3 is 2.83 bits per heavy atom. The first-order valence-corrected chi connectivity index (χ1v) is 5.31. The van der Waals surface area contributed by atoms with Crippen molar-refractivity contribution in [2.45, 2.75) is 13.8 Å². The third kappa shape index (κ3) is 1.17. The molecule has 1 aromatic heterocycles. The number of nitrogens with zero attached hydrogens (tertiary/aromatic N) is 1. The van der Waals surface area contributed by atoms with Crippen molar-refractivity contribution in [2.75, 3.05) is 0 Å². The number of hydrogen-bond acceptors (Lipinski definition) is 2. The van der Waals surface area contributed by atoms with E-state index >= 15 is 0 Å². The predicted molar refractivity (Wildman–Crippen MR) is 56.8 cm³/mol. The van der Waals surface area contributed by atoms with Gasteiger partial charge in [-0.05, 0) is 31.5 Å². The maximum atomic E-state index is 4.41. The Hall–Kier alpha value is -0.410. The smallest absolute Gasteiger partial charge is 0.0907 e. The van der Waals surface area contributed by atoms with Crippen molar-refractivity contribution < 1.29 is 0 Å². The lowest BCUT2D eigenvalue weighted by molar-refractivity contribution is 1.34. The van der Waals surface area contributed by atoms with Gasteiger partial charge in [-0.25, -0.2) is 4.98 Å². The van der Waals surface area contributed by atoms with E-state index in [0.717, 1.165) is 10.5 Å². The lowest BCUT2D eigenvalue weighted by Gasteiger charge is -1.96. The molecule has 0 saturated heterocycles. The van der Waals surface area contributed by atoms with Crippen LogP contribution in [0.3, 0.4) is 0 Å². The van der Waals surface area contributed by atoms with Gasteiger partial charge in [-0.2, -0.15) is 0 Å². The Morgan fingerprint density at radius 1 is 1.33 bits per heavy atom. The fourth-order valence-electron chi connectivity index (χ4n) is 1.21. The Bertz CT molecular complexity index is 433. The molecule has 0 unspecified atom stereocenters. The highest BCUT2D eigenvalue weighted by Crippen LogP contribution is 2.29. The second-order valence-corrected chi connectivity index (χ2v) is 4.81. The molecule has 12 heavy (non-hydrogen) atoms. The van der Waals surface area contributed by atoms with Crippen LogP contribution >= 0.6 is 27.3 Å². The summed E-state index contributed by atoms with van der Waals surface area (Å²) in [7, 11) is 0. The van der Waals surface area contributed by atoms with Crippen molar-refractivity contribution in [3.05, 3.63) is 27.2 Å². The van der Waals surface area contributed by atoms with E-state index in [4.69, 9.17) is 0 Å². The molecule has 1 aromatic carbocycles.